The smallest absolute Gasteiger partial charge is 0.269 e. The highest BCUT2D eigenvalue weighted by atomic mass is 32.2. The molecule has 0 saturated carbocycles. The predicted octanol–water partition coefficient (Wildman–Crippen LogP) is 2.47. The summed E-state index contributed by atoms with van der Waals surface area (Å²) in [4.78, 5) is 10.5. The number of nitrogens with zero attached hydrogens (tertiary/aromatic N) is 3. The summed E-state index contributed by atoms with van der Waals surface area (Å²) in [5, 5.41) is 15.3. The van der Waals surface area contributed by atoms with Crippen LogP contribution in [0.15, 0.2) is 53.6 Å². The summed E-state index contributed by atoms with van der Waals surface area (Å²) in [6, 6.07) is 11.5. The van der Waals surface area contributed by atoms with Crippen LogP contribution in [0.4, 0.5) is 11.4 Å². The first kappa shape index (κ1) is 21.7. The van der Waals surface area contributed by atoms with E-state index in [-0.39, 0.29) is 17.9 Å². The van der Waals surface area contributed by atoms with Crippen LogP contribution >= 0.6 is 0 Å². The Balaban J connectivity index is 1.92. The Kier molecular flexibility index (Phi) is 5.81. The third kappa shape index (κ3) is 4.76. The maximum absolute atomic E-state index is 12.3. The Morgan fingerprint density at radius 1 is 1.17 bits per heavy atom. The number of sulfonamides is 2. The second-order valence-corrected chi connectivity index (χ2v) is 10.6. The minimum Gasteiger partial charge on any atom is -0.284 e. The van der Waals surface area contributed by atoms with Crippen molar-refractivity contribution in [1.82, 2.24) is 4.41 Å². The van der Waals surface area contributed by atoms with Crippen molar-refractivity contribution >= 4 is 37.1 Å². The van der Waals surface area contributed by atoms with Crippen LogP contribution in [0.25, 0.3) is 0 Å². The number of nitro groups is 1. The first-order chi connectivity index (χ1) is 14.0. The van der Waals surface area contributed by atoms with Gasteiger partial charge < -0.3 is 0 Å². The zero-order valence-electron chi connectivity index (χ0n) is 16.2. The minimum absolute atomic E-state index is 0.0598. The number of benzene rings is 2. The van der Waals surface area contributed by atoms with Gasteiger partial charge in [-0.25, -0.2) is 16.8 Å². The third-order valence-electron chi connectivity index (χ3n) is 4.55. The third-order valence-corrected chi connectivity index (χ3v) is 6.87. The molecule has 3 rings (SSSR count). The molecule has 0 spiro atoms. The zero-order valence-corrected chi connectivity index (χ0v) is 17.9. The van der Waals surface area contributed by atoms with Gasteiger partial charge in [0.15, 0.2) is 0 Å². The molecule has 0 aliphatic carbocycles. The number of nitrogens with one attached hydrogen (secondary N) is 1. The quantitative estimate of drug-likeness (QED) is 0.506. The SMILES string of the molecule is CCS(=O)(=O)Nc1ccc(C2=NN(S(C)(=O)=O)[C@H](c3cccc([N+](=O)[O-])c3)C2)cc1. The minimum atomic E-state index is -3.73. The molecule has 12 heteroatoms. The van der Waals surface area contributed by atoms with Gasteiger partial charge in [-0.1, -0.05) is 24.3 Å². The van der Waals surface area contributed by atoms with Crippen LogP contribution < -0.4 is 4.72 Å². The molecular weight excluding hydrogens is 432 g/mol. The number of anilines is 1. The topological polar surface area (TPSA) is 139 Å². The Hall–Kier alpha value is -2.99. The van der Waals surface area contributed by atoms with E-state index in [1.54, 1.807) is 30.3 Å². The highest BCUT2D eigenvalue weighted by molar-refractivity contribution is 7.92. The number of rotatable bonds is 7. The summed E-state index contributed by atoms with van der Waals surface area (Å²) in [5.41, 5.74) is 1.80. The van der Waals surface area contributed by atoms with Crippen LogP contribution in [0, 0.1) is 10.1 Å². The van der Waals surface area contributed by atoms with Gasteiger partial charge >= 0.3 is 0 Å². The van der Waals surface area contributed by atoms with Crippen LogP contribution in [0.3, 0.4) is 0 Å². The molecule has 1 aliphatic rings. The maximum Gasteiger partial charge on any atom is 0.269 e. The van der Waals surface area contributed by atoms with Crippen molar-refractivity contribution in [3.05, 3.63) is 69.8 Å². The number of hydrogen-bond acceptors (Lipinski definition) is 7. The largest absolute Gasteiger partial charge is 0.284 e. The van der Waals surface area contributed by atoms with Crippen molar-refractivity contribution < 1.29 is 21.8 Å². The van der Waals surface area contributed by atoms with Crippen LogP contribution in [0.1, 0.15) is 30.5 Å². The number of hydrogen-bond donors (Lipinski definition) is 1. The van der Waals surface area contributed by atoms with Gasteiger partial charge in [-0.15, -0.1) is 0 Å². The Labute approximate surface area is 174 Å². The van der Waals surface area contributed by atoms with E-state index in [9.17, 15) is 26.9 Å². The van der Waals surface area contributed by atoms with Crippen LogP contribution in [0.5, 0.6) is 0 Å². The number of non-ortho nitro benzene ring substituents is 1. The molecule has 1 N–H and O–H groups in total. The number of nitro benzene ring substituents is 1. The van der Waals surface area contributed by atoms with E-state index < -0.39 is 31.0 Å². The summed E-state index contributed by atoms with van der Waals surface area (Å²) in [7, 11) is -7.14. The van der Waals surface area contributed by atoms with Gasteiger partial charge in [-0.05, 0) is 30.2 Å². The van der Waals surface area contributed by atoms with E-state index in [4.69, 9.17) is 0 Å². The average Bonchev–Trinajstić information content (AvgIpc) is 3.14. The Morgan fingerprint density at radius 2 is 1.83 bits per heavy atom. The fourth-order valence-corrected chi connectivity index (χ4v) is 4.59. The van der Waals surface area contributed by atoms with Crippen molar-refractivity contribution in [2.75, 3.05) is 16.7 Å². The summed E-state index contributed by atoms with van der Waals surface area (Å²) >= 11 is 0. The van der Waals surface area contributed by atoms with Crippen molar-refractivity contribution in [3.63, 3.8) is 0 Å². The fourth-order valence-electron chi connectivity index (χ4n) is 3.04. The van der Waals surface area contributed by atoms with E-state index in [1.165, 1.54) is 25.1 Å². The van der Waals surface area contributed by atoms with E-state index in [0.717, 1.165) is 10.7 Å². The molecule has 30 heavy (non-hydrogen) atoms. The molecule has 2 aromatic carbocycles. The zero-order chi connectivity index (χ0) is 22.1. The Bertz CT molecular complexity index is 1210. The first-order valence-electron chi connectivity index (χ1n) is 8.92. The first-order valence-corrected chi connectivity index (χ1v) is 12.4. The van der Waals surface area contributed by atoms with Gasteiger partial charge in [0.1, 0.15) is 0 Å². The van der Waals surface area contributed by atoms with Crippen LogP contribution in [-0.4, -0.2) is 43.9 Å². The van der Waals surface area contributed by atoms with Crippen molar-refractivity contribution in [3.8, 4) is 0 Å². The van der Waals surface area contributed by atoms with Crippen molar-refractivity contribution in [2.24, 2.45) is 5.10 Å². The highest BCUT2D eigenvalue weighted by Gasteiger charge is 2.35. The van der Waals surface area contributed by atoms with E-state index in [0.29, 0.717) is 22.5 Å². The molecule has 1 aliphatic heterocycles. The molecule has 0 radical (unpaired) electrons. The molecule has 0 saturated heterocycles. The molecule has 160 valence electrons. The molecule has 1 heterocycles. The molecule has 0 aromatic heterocycles. The molecule has 0 fully saturated rings. The van der Waals surface area contributed by atoms with Gasteiger partial charge in [0.05, 0.1) is 28.7 Å². The molecule has 0 bridgehead atoms. The van der Waals surface area contributed by atoms with Crippen LogP contribution in [0.2, 0.25) is 0 Å². The van der Waals surface area contributed by atoms with E-state index in [1.807, 2.05) is 0 Å². The van der Waals surface area contributed by atoms with Gasteiger partial charge in [0, 0.05) is 24.2 Å². The summed E-state index contributed by atoms with van der Waals surface area (Å²) < 4.78 is 51.3. The summed E-state index contributed by atoms with van der Waals surface area (Å²) in [6.07, 6.45) is 1.24. The molecule has 0 unspecified atom stereocenters. The van der Waals surface area contributed by atoms with E-state index in [2.05, 4.69) is 9.82 Å². The van der Waals surface area contributed by atoms with Crippen molar-refractivity contribution in [2.45, 2.75) is 19.4 Å². The average molecular weight is 453 g/mol. The lowest BCUT2D eigenvalue weighted by Gasteiger charge is -2.21. The maximum atomic E-state index is 12.3. The molecular formula is C18H20N4O6S2. The monoisotopic (exact) mass is 452 g/mol. The van der Waals surface area contributed by atoms with Gasteiger partial charge in [-0.3, -0.25) is 14.8 Å². The van der Waals surface area contributed by atoms with Crippen LogP contribution in [-0.2, 0) is 20.0 Å². The standard InChI is InChI=1S/C18H20N4O6S2/c1-3-30(27,28)20-15-9-7-13(8-10-15)17-12-18(21(19-17)29(2,25)26)14-5-4-6-16(11-14)22(23)24/h4-11,18,20H,3,12H2,1-2H3/t18-/m0/s1. The van der Waals surface area contributed by atoms with Gasteiger partial charge in [0.2, 0.25) is 20.0 Å². The fraction of sp³-hybridized carbons (Fsp3) is 0.278. The second kappa shape index (κ2) is 8.03. The molecule has 10 nitrogen and oxygen atoms in total. The summed E-state index contributed by atoms with van der Waals surface area (Å²) in [6.45, 7) is 1.53. The van der Waals surface area contributed by atoms with E-state index >= 15 is 0 Å². The summed E-state index contributed by atoms with van der Waals surface area (Å²) in [5.74, 6) is -0.0598. The highest BCUT2D eigenvalue weighted by Crippen LogP contribution is 2.35. The normalized spacial score (nSPS) is 16.9. The Morgan fingerprint density at radius 3 is 2.40 bits per heavy atom. The molecule has 0 amide bonds. The number of hydrazone groups is 1. The van der Waals surface area contributed by atoms with Crippen molar-refractivity contribution in [1.29, 1.82) is 0 Å². The lowest BCUT2D eigenvalue weighted by atomic mass is 9.99. The lowest BCUT2D eigenvalue weighted by molar-refractivity contribution is -0.384. The second-order valence-electron chi connectivity index (χ2n) is 6.74. The molecule has 1 atom stereocenters. The predicted molar refractivity (Wildman–Crippen MR) is 113 cm³/mol. The van der Waals surface area contributed by atoms with Gasteiger partial charge in [-0.2, -0.15) is 9.52 Å². The molecule has 2 aromatic rings. The van der Waals surface area contributed by atoms with Gasteiger partial charge in [0.25, 0.3) is 5.69 Å². The lowest BCUT2D eigenvalue weighted by Crippen LogP contribution is -2.25.